The molecule has 40 heavy (non-hydrogen) atoms. The van der Waals surface area contributed by atoms with Gasteiger partial charge in [0, 0.05) is 48.9 Å². The standard InChI is InChI=1S/C29H37N5O6/c1-7-29(3,4)32-28(37)26(21-11-8-12-22(38-5)27(21)39-6)34(18-20-10-9-15-30-17-20)25(36)14-13-24(35)31-23-16-19(2)40-33-23/h8-12,15-17,26H,7,13-14,18H2,1-6H3,(H,32,37)(H,31,33,35)/t26-/m1/s1. The fraction of sp³-hybridized carbons (Fsp3) is 0.414. The van der Waals surface area contributed by atoms with Crippen LogP contribution in [0, 0.1) is 6.92 Å². The average molecular weight is 552 g/mol. The van der Waals surface area contributed by atoms with Crippen molar-refractivity contribution in [1.29, 1.82) is 0 Å². The number of para-hydroxylation sites is 1. The molecule has 0 unspecified atom stereocenters. The number of hydrogen-bond donors (Lipinski definition) is 2. The van der Waals surface area contributed by atoms with E-state index in [-0.39, 0.29) is 25.2 Å². The van der Waals surface area contributed by atoms with Crippen LogP contribution in [-0.2, 0) is 20.9 Å². The fourth-order valence-electron chi connectivity index (χ4n) is 4.07. The molecule has 2 N–H and O–H groups in total. The number of nitrogens with zero attached hydrogens (tertiary/aromatic N) is 3. The van der Waals surface area contributed by atoms with Crippen molar-refractivity contribution in [2.45, 2.75) is 65.1 Å². The van der Waals surface area contributed by atoms with E-state index in [0.29, 0.717) is 34.8 Å². The van der Waals surface area contributed by atoms with E-state index in [4.69, 9.17) is 14.0 Å². The molecule has 11 nitrogen and oxygen atoms in total. The van der Waals surface area contributed by atoms with Gasteiger partial charge < -0.3 is 29.5 Å². The van der Waals surface area contributed by atoms with Gasteiger partial charge in [-0.25, -0.2) is 0 Å². The number of aromatic nitrogens is 2. The second-order valence-electron chi connectivity index (χ2n) is 9.97. The van der Waals surface area contributed by atoms with Crippen LogP contribution in [-0.4, -0.2) is 52.5 Å². The topological polar surface area (TPSA) is 136 Å². The second kappa shape index (κ2) is 13.6. The third-order valence-corrected chi connectivity index (χ3v) is 6.49. The normalized spacial score (nSPS) is 11.8. The molecule has 1 atom stereocenters. The van der Waals surface area contributed by atoms with Gasteiger partial charge in [-0.2, -0.15) is 0 Å². The Bertz CT molecular complexity index is 1310. The van der Waals surface area contributed by atoms with Gasteiger partial charge in [0.1, 0.15) is 11.8 Å². The van der Waals surface area contributed by atoms with Crippen molar-refractivity contribution in [3.8, 4) is 11.5 Å². The first-order valence-corrected chi connectivity index (χ1v) is 13.0. The van der Waals surface area contributed by atoms with Crippen LogP contribution in [0.2, 0.25) is 0 Å². The Hall–Kier alpha value is -4.41. The first-order chi connectivity index (χ1) is 19.1. The molecule has 0 aliphatic heterocycles. The van der Waals surface area contributed by atoms with Crippen molar-refractivity contribution in [3.63, 3.8) is 0 Å². The minimum atomic E-state index is -1.09. The molecule has 3 rings (SSSR count). The molecular weight excluding hydrogens is 514 g/mol. The number of anilines is 1. The zero-order chi connectivity index (χ0) is 29.3. The van der Waals surface area contributed by atoms with Gasteiger partial charge in [0.2, 0.25) is 17.7 Å². The summed E-state index contributed by atoms with van der Waals surface area (Å²) >= 11 is 0. The quantitative estimate of drug-likeness (QED) is 0.323. The number of aryl methyl sites for hydroxylation is 1. The number of ether oxygens (including phenoxy) is 2. The molecule has 214 valence electrons. The summed E-state index contributed by atoms with van der Waals surface area (Å²) in [4.78, 5) is 46.1. The van der Waals surface area contributed by atoms with Gasteiger partial charge >= 0.3 is 0 Å². The number of benzene rings is 1. The molecule has 3 aromatic rings. The maximum absolute atomic E-state index is 14.0. The lowest BCUT2D eigenvalue weighted by Crippen LogP contribution is -2.50. The summed E-state index contributed by atoms with van der Waals surface area (Å²) in [6, 6.07) is 9.25. The Morgan fingerprint density at radius 2 is 1.88 bits per heavy atom. The zero-order valence-corrected chi connectivity index (χ0v) is 23.8. The fourth-order valence-corrected chi connectivity index (χ4v) is 4.07. The van der Waals surface area contributed by atoms with Crippen LogP contribution < -0.4 is 20.1 Å². The molecular formula is C29H37N5O6. The van der Waals surface area contributed by atoms with Gasteiger partial charge in [-0.15, -0.1) is 0 Å². The highest BCUT2D eigenvalue weighted by Gasteiger charge is 2.36. The Labute approximate surface area is 234 Å². The number of hydrogen-bond acceptors (Lipinski definition) is 8. The first kappa shape index (κ1) is 30.1. The van der Waals surface area contributed by atoms with Crippen LogP contribution in [0.5, 0.6) is 11.5 Å². The van der Waals surface area contributed by atoms with E-state index in [1.54, 1.807) is 49.6 Å². The predicted molar refractivity (Wildman–Crippen MR) is 149 cm³/mol. The van der Waals surface area contributed by atoms with Crippen molar-refractivity contribution >= 4 is 23.5 Å². The lowest BCUT2D eigenvalue weighted by molar-refractivity contribution is -0.143. The van der Waals surface area contributed by atoms with E-state index in [9.17, 15) is 14.4 Å². The van der Waals surface area contributed by atoms with Gasteiger partial charge in [-0.05, 0) is 44.9 Å². The Morgan fingerprint density at radius 1 is 1.10 bits per heavy atom. The molecule has 0 saturated carbocycles. The number of rotatable bonds is 13. The van der Waals surface area contributed by atoms with E-state index >= 15 is 0 Å². The van der Waals surface area contributed by atoms with Crippen molar-refractivity contribution in [1.82, 2.24) is 20.4 Å². The number of nitrogens with one attached hydrogen (secondary N) is 2. The predicted octanol–water partition coefficient (Wildman–Crippen LogP) is 4.19. The summed E-state index contributed by atoms with van der Waals surface area (Å²) in [5.41, 5.74) is 0.624. The molecule has 11 heteroatoms. The molecule has 0 saturated heterocycles. The number of carbonyl (C=O) groups is 3. The third kappa shape index (κ3) is 7.81. The van der Waals surface area contributed by atoms with Gasteiger partial charge in [0.15, 0.2) is 17.3 Å². The van der Waals surface area contributed by atoms with Gasteiger partial charge in [-0.3, -0.25) is 19.4 Å². The smallest absolute Gasteiger partial charge is 0.248 e. The molecule has 2 heterocycles. The molecule has 2 aromatic heterocycles. The van der Waals surface area contributed by atoms with Crippen LogP contribution >= 0.6 is 0 Å². The van der Waals surface area contributed by atoms with Gasteiger partial charge in [0.05, 0.1) is 14.2 Å². The summed E-state index contributed by atoms with van der Waals surface area (Å²) in [7, 11) is 2.99. The van der Waals surface area contributed by atoms with E-state index in [1.165, 1.54) is 19.1 Å². The minimum Gasteiger partial charge on any atom is -0.493 e. The largest absolute Gasteiger partial charge is 0.493 e. The van der Waals surface area contributed by atoms with Crippen molar-refractivity contribution in [2.75, 3.05) is 19.5 Å². The Kier molecular flexibility index (Phi) is 10.2. The van der Waals surface area contributed by atoms with Crippen LogP contribution in [0.4, 0.5) is 5.82 Å². The van der Waals surface area contributed by atoms with E-state index in [1.807, 2.05) is 26.8 Å². The highest BCUT2D eigenvalue weighted by Crippen LogP contribution is 2.38. The number of pyridine rings is 1. The second-order valence-corrected chi connectivity index (χ2v) is 9.97. The summed E-state index contributed by atoms with van der Waals surface area (Å²) in [5.74, 6) is 0.363. The maximum atomic E-state index is 14.0. The molecule has 0 radical (unpaired) electrons. The highest BCUT2D eigenvalue weighted by molar-refractivity contribution is 5.94. The van der Waals surface area contributed by atoms with Crippen LogP contribution in [0.15, 0.2) is 53.3 Å². The van der Waals surface area contributed by atoms with E-state index < -0.39 is 29.3 Å². The summed E-state index contributed by atoms with van der Waals surface area (Å²) in [6.45, 7) is 7.57. The molecule has 0 spiro atoms. The Balaban J connectivity index is 2.01. The lowest BCUT2D eigenvalue weighted by atomic mass is 9.97. The average Bonchev–Trinajstić information content (AvgIpc) is 3.35. The zero-order valence-electron chi connectivity index (χ0n) is 23.8. The van der Waals surface area contributed by atoms with Gasteiger partial charge in [-0.1, -0.05) is 30.3 Å². The number of methoxy groups -OCH3 is 2. The Morgan fingerprint density at radius 3 is 2.48 bits per heavy atom. The minimum absolute atomic E-state index is 0.0712. The first-order valence-electron chi connectivity index (χ1n) is 13.0. The highest BCUT2D eigenvalue weighted by atomic mass is 16.5. The number of carbonyl (C=O) groups excluding carboxylic acids is 3. The summed E-state index contributed by atoms with van der Waals surface area (Å²) in [5, 5.41) is 9.45. The monoisotopic (exact) mass is 551 g/mol. The van der Waals surface area contributed by atoms with E-state index in [0.717, 1.165) is 0 Å². The molecule has 0 aliphatic rings. The van der Waals surface area contributed by atoms with Crippen LogP contribution in [0.1, 0.15) is 63.0 Å². The SMILES string of the molecule is CCC(C)(C)NC(=O)[C@@H](c1cccc(OC)c1OC)N(Cc1cccnc1)C(=O)CCC(=O)Nc1cc(C)on1. The van der Waals surface area contributed by atoms with E-state index in [2.05, 4.69) is 20.8 Å². The molecule has 0 bridgehead atoms. The van der Waals surface area contributed by atoms with Crippen LogP contribution in [0.3, 0.4) is 0 Å². The molecule has 0 fully saturated rings. The van der Waals surface area contributed by atoms with Crippen molar-refractivity contribution in [2.24, 2.45) is 0 Å². The molecule has 1 aromatic carbocycles. The maximum Gasteiger partial charge on any atom is 0.248 e. The number of amides is 3. The van der Waals surface area contributed by atoms with Gasteiger partial charge in [0.25, 0.3) is 0 Å². The lowest BCUT2D eigenvalue weighted by Gasteiger charge is -2.35. The molecule has 0 aliphatic carbocycles. The summed E-state index contributed by atoms with van der Waals surface area (Å²) in [6.07, 6.45) is 3.64. The summed E-state index contributed by atoms with van der Waals surface area (Å²) < 4.78 is 16.1. The molecule has 3 amide bonds. The third-order valence-electron chi connectivity index (χ3n) is 6.49. The van der Waals surface area contributed by atoms with Crippen molar-refractivity contribution < 1.29 is 28.4 Å². The van der Waals surface area contributed by atoms with Crippen LogP contribution in [0.25, 0.3) is 0 Å². The van der Waals surface area contributed by atoms with Crippen molar-refractivity contribution in [3.05, 3.63) is 65.7 Å².